The molecule has 1 aliphatic rings. The second-order valence-corrected chi connectivity index (χ2v) is 7.75. The smallest absolute Gasteiger partial charge is 0.317 e. The number of nitrogens with zero attached hydrogens (tertiary/aromatic N) is 1. The molecule has 0 unspecified atom stereocenters. The number of hydrogen-bond donors (Lipinski definition) is 2. The Kier molecular flexibility index (Phi) is 7.00. The molecule has 0 aromatic heterocycles. The van der Waals surface area contributed by atoms with E-state index in [9.17, 15) is 14.0 Å². The van der Waals surface area contributed by atoms with Crippen molar-refractivity contribution in [1.29, 1.82) is 0 Å². The van der Waals surface area contributed by atoms with Gasteiger partial charge in [0.15, 0.2) is 0 Å². The molecule has 0 saturated carbocycles. The molecule has 2 rings (SSSR count). The average molecular weight is 363 g/mol. The Hall–Kier alpha value is -2.11. The van der Waals surface area contributed by atoms with E-state index in [1.807, 2.05) is 13.8 Å². The van der Waals surface area contributed by atoms with Crippen LogP contribution in [0.2, 0.25) is 0 Å². The van der Waals surface area contributed by atoms with Gasteiger partial charge in [0.2, 0.25) is 5.91 Å². The molecular weight excluding hydrogens is 333 g/mol. The van der Waals surface area contributed by atoms with E-state index in [1.165, 1.54) is 12.1 Å². The third-order valence-electron chi connectivity index (χ3n) is 4.68. The van der Waals surface area contributed by atoms with Gasteiger partial charge in [0.05, 0.1) is 5.92 Å². The molecule has 1 fully saturated rings. The van der Waals surface area contributed by atoms with E-state index in [-0.39, 0.29) is 35.6 Å². The molecule has 6 heteroatoms. The molecule has 2 N–H and O–H groups in total. The summed E-state index contributed by atoms with van der Waals surface area (Å²) in [5, 5.41) is 5.87. The summed E-state index contributed by atoms with van der Waals surface area (Å²) in [4.78, 5) is 26.8. The maximum Gasteiger partial charge on any atom is 0.317 e. The minimum Gasteiger partial charge on any atom is -0.356 e. The zero-order chi connectivity index (χ0) is 19.3. The minimum atomic E-state index is -0.328. The lowest BCUT2D eigenvalue weighted by Crippen LogP contribution is -2.42. The van der Waals surface area contributed by atoms with E-state index in [4.69, 9.17) is 0 Å². The molecule has 1 heterocycles. The van der Waals surface area contributed by atoms with Gasteiger partial charge in [0.1, 0.15) is 5.82 Å². The molecule has 0 bridgehead atoms. The number of nitrogens with one attached hydrogen (secondary N) is 2. The molecule has 0 radical (unpaired) electrons. The summed E-state index contributed by atoms with van der Waals surface area (Å²) in [7, 11) is 0. The number of benzene rings is 1. The molecule has 1 aromatic carbocycles. The predicted molar refractivity (Wildman–Crippen MR) is 100 cm³/mol. The lowest BCUT2D eigenvalue weighted by molar-refractivity contribution is -0.124. The molecule has 1 aromatic rings. The van der Waals surface area contributed by atoms with Crippen LogP contribution < -0.4 is 10.6 Å². The van der Waals surface area contributed by atoms with Crippen molar-refractivity contribution in [2.75, 3.05) is 19.6 Å². The first-order chi connectivity index (χ1) is 12.3. The molecule has 2 atom stereocenters. The number of hydrogen-bond acceptors (Lipinski definition) is 2. The number of rotatable bonds is 6. The topological polar surface area (TPSA) is 61.4 Å². The fourth-order valence-corrected chi connectivity index (χ4v) is 3.24. The summed E-state index contributed by atoms with van der Waals surface area (Å²) in [6.45, 7) is 9.48. The first-order valence-electron chi connectivity index (χ1n) is 9.36. The standard InChI is InChI=1S/C20H30FN3O2/c1-13(2)9-10-22-19(25)18-12-24(20(26)23-14(3)4)11-17(18)15-5-7-16(21)8-6-15/h5-8,13-14,17-18H,9-12H2,1-4H3,(H,22,25)(H,23,26)/t17-,18-/m1/s1. The van der Waals surface area contributed by atoms with E-state index >= 15 is 0 Å². The van der Waals surface area contributed by atoms with Gasteiger partial charge in [0, 0.05) is 31.6 Å². The van der Waals surface area contributed by atoms with Gasteiger partial charge in [-0.2, -0.15) is 0 Å². The summed E-state index contributed by atoms with van der Waals surface area (Å²) in [6, 6.07) is 6.09. The lowest BCUT2D eigenvalue weighted by Gasteiger charge is -2.19. The van der Waals surface area contributed by atoms with Gasteiger partial charge in [-0.25, -0.2) is 9.18 Å². The molecule has 144 valence electrons. The Bertz CT molecular complexity index is 616. The lowest BCUT2D eigenvalue weighted by atomic mass is 9.88. The normalized spacial score (nSPS) is 19.9. The molecule has 26 heavy (non-hydrogen) atoms. The van der Waals surface area contributed by atoms with Crippen LogP contribution in [0.15, 0.2) is 24.3 Å². The second-order valence-electron chi connectivity index (χ2n) is 7.75. The number of halogens is 1. The van der Waals surface area contributed by atoms with Crippen LogP contribution in [0, 0.1) is 17.7 Å². The first-order valence-corrected chi connectivity index (χ1v) is 9.36. The molecular formula is C20H30FN3O2. The van der Waals surface area contributed by atoms with Gasteiger partial charge in [0.25, 0.3) is 0 Å². The van der Waals surface area contributed by atoms with Gasteiger partial charge in [-0.15, -0.1) is 0 Å². The largest absolute Gasteiger partial charge is 0.356 e. The van der Waals surface area contributed by atoms with Crippen LogP contribution in [-0.4, -0.2) is 42.5 Å². The van der Waals surface area contributed by atoms with E-state index in [2.05, 4.69) is 24.5 Å². The van der Waals surface area contributed by atoms with Crippen molar-refractivity contribution in [2.24, 2.45) is 11.8 Å². The van der Waals surface area contributed by atoms with Crippen molar-refractivity contribution < 1.29 is 14.0 Å². The molecule has 0 aliphatic carbocycles. The van der Waals surface area contributed by atoms with E-state index in [0.717, 1.165) is 12.0 Å². The highest BCUT2D eigenvalue weighted by atomic mass is 19.1. The van der Waals surface area contributed by atoms with Crippen molar-refractivity contribution in [1.82, 2.24) is 15.5 Å². The van der Waals surface area contributed by atoms with Crippen molar-refractivity contribution in [3.05, 3.63) is 35.6 Å². The van der Waals surface area contributed by atoms with E-state index < -0.39 is 0 Å². The average Bonchev–Trinajstić information content (AvgIpc) is 3.00. The summed E-state index contributed by atoms with van der Waals surface area (Å²) >= 11 is 0. The van der Waals surface area contributed by atoms with Crippen molar-refractivity contribution >= 4 is 11.9 Å². The van der Waals surface area contributed by atoms with Crippen molar-refractivity contribution in [3.8, 4) is 0 Å². The van der Waals surface area contributed by atoms with E-state index in [0.29, 0.717) is 25.6 Å². The number of amides is 3. The zero-order valence-corrected chi connectivity index (χ0v) is 16.1. The third-order valence-corrected chi connectivity index (χ3v) is 4.68. The fourth-order valence-electron chi connectivity index (χ4n) is 3.24. The monoisotopic (exact) mass is 363 g/mol. The summed E-state index contributed by atoms with van der Waals surface area (Å²) < 4.78 is 13.3. The molecule has 5 nitrogen and oxygen atoms in total. The highest BCUT2D eigenvalue weighted by molar-refractivity contribution is 5.83. The van der Waals surface area contributed by atoms with Crippen LogP contribution in [-0.2, 0) is 4.79 Å². The quantitative estimate of drug-likeness (QED) is 0.816. The van der Waals surface area contributed by atoms with E-state index in [1.54, 1.807) is 17.0 Å². The molecule has 0 spiro atoms. The summed E-state index contributed by atoms with van der Waals surface area (Å²) in [6.07, 6.45) is 0.914. The summed E-state index contributed by atoms with van der Waals surface area (Å²) in [5.74, 6) is -0.294. The van der Waals surface area contributed by atoms with Crippen LogP contribution in [0.5, 0.6) is 0 Å². The van der Waals surface area contributed by atoms with Crippen molar-refractivity contribution in [2.45, 2.75) is 46.1 Å². The molecule has 1 aliphatic heterocycles. The number of carbonyl (C=O) groups is 2. The van der Waals surface area contributed by atoms with Crippen LogP contribution in [0.3, 0.4) is 0 Å². The Morgan fingerprint density at radius 2 is 1.81 bits per heavy atom. The zero-order valence-electron chi connectivity index (χ0n) is 16.1. The van der Waals surface area contributed by atoms with Gasteiger partial charge >= 0.3 is 6.03 Å². The third kappa shape index (κ3) is 5.44. The number of carbonyl (C=O) groups excluding carboxylic acids is 2. The Balaban J connectivity index is 2.13. The Morgan fingerprint density at radius 3 is 2.38 bits per heavy atom. The number of urea groups is 1. The Labute approximate surface area is 155 Å². The maximum atomic E-state index is 13.3. The maximum absolute atomic E-state index is 13.3. The highest BCUT2D eigenvalue weighted by Gasteiger charge is 2.40. The van der Waals surface area contributed by atoms with Crippen LogP contribution >= 0.6 is 0 Å². The molecule has 3 amide bonds. The first kappa shape index (κ1) is 20.2. The van der Waals surface area contributed by atoms with Crippen LogP contribution in [0.1, 0.15) is 45.6 Å². The van der Waals surface area contributed by atoms with Crippen molar-refractivity contribution in [3.63, 3.8) is 0 Å². The number of likely N-dealkylation sites (tertiary alicyclic amines) is 1. The fraction of sp³-hybridized carbons (Fsp3) is 0.600. The Morgan fingerprint density at radius 1 is 1.15 bits per heavy atom. The highest BCUT2D eigenvalue weighted by Crippen LogP contribution is 2.33. The van der Waals surface area contributed by atoms with Crippen LogP contribution in [0.25, 0.3) is 0 Å². The van der Waals surface area contributed by atoms with Gasteiger partial charge in [-0.3, -0.25) is 4.79 Å². The summed E-state index contributed by atoms with van der Waals surface area (Å²) in [5.41, 5.74) is 0.884. The van der Waals surface area contributed by atoms with Gasteiger partial charge < -0.3 is 15.5 Å². The van der Waals surface area contributed by atoms with Gasteiger partial charge in [-0.1, -0.05) is 26.0 Å². The molecule has 1 saturated heterocycles. The SMILES string of the molecule is CC(C)CCNC(=O)[C@@H]1CN(C(=O)NC(C)C)C[C@@H]1c1ccc(F)cc1. The minimum absolute atomic E-state index is 0.0330. The second kappa shape index (κ2) is 9.01. The van der Waals surface area contributed by atoms with Gasteiger partial charge in [-0.05, 0) is 43.9 Å². The van der Waals surface area contributed by atoms with Crippen LogP contribution in [0.4, 0.5) is 9.18 Å². The predicted octanol–water partition coefficient (Wildman–Crippen LogP) is 3.12.